The maximum Gasteiger partial charge on any atom is 0.335 e. The van der Waals surface area contributed by atoms with E-state index in [9.17, 15) is 19.5 Å². The molecular formula is C32H36N4O5S. The maximum atomic E-state index is 14.2. The number of para-hydroxylation sites is 1. The number of carboxylic acid groups (broad SMARTS) is 1. The van der Waals surface area contributed by atoms with Crippen LogP contribution in [0.3, 0.4) is 0 Å². The molecule has 220 valence electrons. The quantitative estimate of drug-likeness (QED) is 0.401. The van der Waals surface area contributed by atoms with Gasteiger partial charge in [-0.15, -0.1) is 0 Å². The number of hydrogen-bond donors (Lipinski definition) is 1. The highest BCUT2D eigenvalue weighted by Gasteiger charge is 2.55. The van der Waals surface area contributed by atoms with Crippen molar-refractivity contribution in [2.45, 2.75) is 50.4 Å². The van der Waals surface area contributed by atoms with Crippen LogP contribution in [0, 0.1) is 0 Å². The molecule has 1 amide bonds. The Labute approximate surface area is 248 Å². The van der Waals surface area contributed by atoms with Crippen molar-refractivity contribution in [2.75, 3.05) is 33.4 Å². The Bertz CT molecular complexity index is 1600. The summed E-state index contributed by atoms with van der Waals surface area (Å²) in [6.45, 7) is 4.03. The van der Waals surface area contributed by atoms with Crippen LogP contribution >= 0.6 is 11.3 Å². The van der Waals surface area contributed by atoms with Gasteiger partial charge in [-0.2, -0.15) is 0 Å². The Kier molecular flexibility index (Phi) is 8.02. The smallest absolute Gasteiger partial charge is 0.335 e. The summed E-state index contributed by atoms with van der Waals surface area (Å²) in [5, 5.41) is 9.44. The third-order valence-electron chi connectivity index (χ3n) is 8.90. The second-order valence-corrected chi connectivity index (χ2v) is 12.3. The van der Waals surface area contributed by atoms with Gasteiger partial charge in [-0.25, -0.2) is 4.79 Å². The number of hydrogen-bond acceptors (Lipinski definition) is 7. The molecule has 0 saturated carbocycles. The SMILES string of the molecule is COC1=CCC(N2CN(Cc3cccc(C(=O)O)c3)C(=O)C23CCN(CCCn2c(=O)sc4ccccc42)CC3)C=C1. The largest absolute Gasteiger partial charge is 0.497 e. The Morgan fingerprint density at radius 3 is 2.64 bits per heavy atom. The molecule has 2 saturated heterocycles. The first-order valence-electron chi connectivity index (χ1n) is 14.5. The average molecular weight is 589 g/mol. The molecule has 0 bridgehead atoms. The lowest BCUT2D eigenvalue weighted by Crippen LogP contribution is -2.58. The van der Waals surface area contributed by atoms with Crippen molar-refractivity contribution in [3.8, 4) is 0 Å². The Balaban J connectivity index is 1.15. The first kappa shape index (κ1) is 28.4. The van der Waals surface area contributed by atoms with Gasteiger partial charge in [0.25, 0.3) is 0 Å². The molecular weight excluding hydrogens is 552 g/mol. The van der Waals surface area contributed by atoms with Crippen molar-refractivity contribution >= 4 is 33.4 Å². The van der Waals surface area contributed by atoms with Crippen LogP contribution in [-0.4, -0.2) is 81.2 Å². The van der Waals surface area contributed by atoms with E-state index in [0.717, 1.165) is 66.9 Å². The molecule has 2 fully saturated rings. The van der Waals surface area contributed by atoms with Gasteiger partial charge in [0.1, 0.15) is 11.3 Å². The van der Waals surface area contributed by atoms with Crippen LogP contribution < -0.4 is 4.87 Å². The molecule has 6 rings (SSSR count). The lowest BCUT2D eigenvalue weighted by atomic mass is 9.84. The van der Waals surface area contributed by atoms with Crippen molar-refractivity contribution in [3.63, 3.8) is 0 Å². The number of nitrogens with zero attached hydrogens (tertiary/aromatic N) is 4. The van der Waals surface area contributed by atoms with Crippen molar-refractivity contribution in [3.05, 3.63) is 93.3 Å². The van der Waals surface area contributed by atoms with Gasteiger partial charge in [0, 0.05) is 32.2 Å². The van der Waals surface area contributed by atoms with E-state index >= 15 is 0 Å². The number of allylic oxidation sites excluding steroid dienone is 1. The van der Waals surface area contributed by atoms with Gasteiger partial charge >= 0.3 is 10.8 Å². The summed E-state index contributed by atoms with van der Waals surface area (Å²) in [7, 11) is 1.66. The number of thiazole rings is 1. The van der Waals surface area contributed by atoms with Gasteiger partial charge in [0.05, 0.1) is 29.6 Å². The highest BCUT2D eigenvalue weighted by molar-refractivity contribution is 7.16. The third-order valence-corrected chi connectivity index (χ3v) is 9.86. The van der Waals surface area contributed by atoms with E-state index in [4.69, 9.17) is 4.74 Å². The van der Waals surface area contributed by atoms with E-state index < -0.39 is 11.5 Å². The van der Waals surface area contributed by atoms with Gasteiger partial charge < -0.3 is 19.6 Å². The minimum absolute atomic E-state index is 0.0773. The van der Waals surface area contributed by atoms with Gasteiger partial charge in [-0.05, 0) is 74.2 Å². The van der Waals surface area contributed by atoms with E-state index in [0.29, 0.717) is 19.8 Å². The second kappa shape index (κ2) is 11.9. The average Bonchev–Trinajstić information content (AvgIpc) is 3.47. The highest BCUT2D eigenvalue weighted by Crippen LogP contribution is 2.40. The van der Waals surface area contributed by atoms with E-state index in [2.05, 4.69) is 22.0 Å². The monoisotopic (exact) mass is 588 g/mol. The van der Waals surface area contributed by atoms with Crippen LogP contribution in [0.5, 0.6) is 0 Å². The molecule has 2 aromatic carbocycles. The van der Waals surface area contributed by atoms with Crippen LogP contribution in [0.2, 0.25) is 0 Å². The normalized spacial score (nSPS) is 20.9. The summed E-state index contributed by atoms with van der Waals surface area (Å²) in [6, 6.07) is 14.9. The number of ether oxygens (including phenoxy) is 1. The maximum absolute atomic E-state index is 14.2. The molecule has 1 aliphatic carbocycles. The summed E-state index contributed by atoms with van der Waals surface area (Å²) in [6.07, 6.45) is 9.28. The Morgan fingerprint density at radius 2 is 1.90 bits per heavy atom. The zero-order chi connectivity index (χ0) is 29.3. The molecule has 1 spiro atoms. The second-order valence-electron chi connectivity index (χ2n) is 11.3. The van der Waals surface area contributed by atoms with Crippen molar-refractivity contribution in [1.82, 2.24) is 19.3 Å². The molecule has 3 aromatic rings. The van der Waals surface area contributed by atoms with Crippen LogP contribution in [0.25, 0.3) is 10.2 Å². The van der Waals surface area contributed by atoms with E-state index in [1.165, 1.54) is 11.3 Å². The number of likely N-dealkylation sites (tertiary alicyclic amines) is 1. The number of benzene rings is 2. The molecule has 1 aromatic heterocycles. The Hall–Kier alpha value is -3.73. The van der Waals surface area contributed by atoms with Crippen LogP contribution in [0.1, 0.15) is 41.6 Å². The number of rotatable bonds is 9. The summed E-state index contributed by atoms with van der Waals surface area (Å²) >= 11 is 1.30. The van der Waals surface area contributed by atoms with Crippen molar-refractivity contribution < 1.29 is 19.4 Å². The molecule has 10 heteroatoms. The molecule has 2 aliphatic heterocycles. The number of piperidine rings is 1. The molecule has 3 aliphatic rings. The molecule has 1 N–H and O–H groups in total. The first-order chi connectivity index (χ1) is 20.4. The van der Waals surface area contributed by atoms with Gasteiger partial charge in [-0.1, -0.05) is 41.7 Å². The minimum Gasteiger partial charge on any atom is -0.497 e. The number of fused-ring (bicyclic) bond motifs is 1. The van der Waals surface area contributed by atoms with Gasteiger partial charge in [0.15, 0.2) is 0 Å². The highest BCUT2D eigenvalue weighted by atomic mass is 32.1. The molecule has 9 nitrogen and oxygen atoms in total. The van der Waals surface area contributed by atoms with Gasteiger partial charge in [0.2, 0.25) is 5.91 Å². The fourth-order valence-corrected chi connectivity index (χ4v) is 7.58. The number of aromatic nitrogens is 1. The summed E-state index contributed by atoms with van der Waals surface area (Å²) in [4.78, 5) is 45.0. The third kappa shape index (κ3) is 5.42. The fourth-order valence-electron chi connectivity index (χ4n) is 6.67. The lowest BCUT2D eigenvalue weighted by Gasteiger charge is -2.45. The zero-order valence-electron chi connectivity index (χ0n) is 23.8. The van der Waals surface area contributed by atoms with E-state index in [-0.39, 0.29) is 22.4 Å². The standard InChI is InChI=1S/C32H36N4O5S/c1-41-26-12-10-25(11-13-26)36-22-34(21-23-6-4-7-24(20-23)29(37)38)30(39)32(36)14-18-33(19-15-32)16-5-17-35-27-8-2-3-9-28(27)42-31(35)40/h2-4,6-10,12-13,20,25H,5,11,14-19,21-22H2,1H3,(H,37,38). The zero-order valence-corrected chi connectivity index (χ0v) is 24.6. The molecule has 1 atom stereocenters. The number of carboxylic acids is 1. The lowest BCUT2D eigenvalue weighted by molar-refractivity contribution is -0.136. The predicted molar refractivity (Wildman–Crippen MR) is 162 cm³/mol. The predicted octanol–water partition coefficient (Wildman–Crippen LogP) is 4.15. The first-order valence-corrected chi connectivity index (χ1v) is 15.3. The number of aryl methyl sites for hydroxylation is 1. The van der Waals surface area contributed by atoms with E-state index in [1.54, 1.807) is 25.3 Å². The van der Waals surface area contributed by atoms with Crippen molar-refractivity contribution in [1.29, 1.82) is 0 Å². The Morgan fingerprint density at radius 1 is 1.10 bits per heavy atom. The summed E-state index contributed by atoms with van der Waals surface area (Å²) in [5.74, 6) is -0.0187. The topological polar surface area (TPSA) is 95.3 Å². The summed E-state index contributed by atoms with van der Waals surface area (Å²) in [5.41, 5.74) is 1.44. The number of aromatic carboxylic acids is 1. The van der Waals surface area contributed by atoms with Crippen LogP contribution in [0.4, 0.5) is 0 Å². The fraction of sp³-hybridized carbons (Fsp3) is 0.406. The minimum atomic E-state index is -0.972. The number of carbonyl (C=O) groups is 2. The van der Waals surface area contributed by atoms with E-state index in [1.807, 2.05) is 45.9 Å². The molecule has 3 heterocycles. The van der Waals surface area contributed by atoms with Crippen LogP contribution in [-0.2, 0) is 22.6 Å². The molecule has 42 heavy (non-hydrogen) atoms. The molecule has 1 unspecified atom stereocenters. The number of methoxy groups -OCH3 is 1. The van der Waals surface area contributed by atoms with Crippen LogP contribution in [0.15, 0.2) is 77.3 Å². The molecule has 0 radical (unpaired) electrons. The van der Waals surface area contributed by atoms with Crippen molar-refractivity contribution in [2.24, 2.45) is 0 Å². The summed E-state index contributed by atoms with van der Waals surface area (Å²) < 4.78 is 8.30. The number of carbonyl (C=O) groups excluding carboxylic acids is 1. The number of amides is 1. The van der Waals surface area contributed by atoms with Gasteiger partial charge in [-0.3, -0.25) is 19.1 Å².